The number of thiophene rings is 1. The summed E-state index contributed by atoms with van der Waals surface area (Å²) in [5, 5.41) is 10.4. The predicted octanol–water partition coefficient (Wildman–Crippen LogP) is 1.66. The molecule has 0 atom stereocenters. The summed E-state index contributed by atoms with van der Waals surface area (Å²) in [6.45, 7) is 0. The Labute approximate surface area is 80.9 Å². The van der Waals surface area contributed by atoms with E-state index in [0.29, 0.717) is 0 Å². The minimum Gasteiger partial charge on any atom is -0.223 e. The van der Waals surface area contributed by atoms with Crippen LogP contribution in [0.25, 0.3) is 6.08 Å². The van der Waals surface area contributed by atoms with Gasteiger partial charge < -0.3 is 0 Å². The molecule has 0 fully saturated rings. The van der Waals surface area contributed by atoms with Crippen molar-refractivity contribution in [1.29, 1.82) is 5.26 Å². The van der Waals surface area contributed by atoms with Crippen molar-refractivity contribution in [2.45, 2.75) is 0 Å². The molecule has 3 nitrogen and oxygen atoms in total. The zero-order valence-electron chi connectivity index (χ0n) is 6.89. The molecule has 0 aliphatic rings. The molecule has 0 aliphatic carbocycles. The summed E-state index contributed by atoms with van der Waals surface area (Å²) in [5.41, 5.74) is 0. The quantitative estimate of drug-likeness (QED) is 0.702. The molecule has 0 unspecified atom stereocenters. The van der Waals surface area contributed by atoms with Gasteiger partial charge in [-0.1, -0.05) is 6.07 Å². The van der Waals surface area contributed by atoms with Crippen LogP contribution in [0.1, 0.15) is 4.88 Å². The molecule has 1 heterocycles. The molecule has 68 valence electrons. The molecule has 0 aliphatic heterocycles. The topological polar surface area (TPSA) is 57.9 Å². The average molecular weight is 213 g/mol. The van der Waals surface area contributed by atoms with Crippen LogP contribution in [0.5, 0.6) is 0 Å². The van der Waals surface area contributed by atoms with Gasteiger partial charge in [0.25, 0.3) is 0 Å². The molecular formula is C8H7NO2S2. The fourth-order valence-corrected chi connectivity index (χ4v) is 1.96. The van der Waals surface area contributed by atoms with Gasteiger partial charge >= 0.3 is 0 Å². The summed E-state index contributed by atoms with van der Waals surface area (Å²) in [6.07, 6.45) is 2.40. The van der Waals surface area contributed by atoms with Crippen LogP contribution in [-0.4, -0.2) is 14.7 Å². The monoisotopic (exact) mass is 213 g/mol. The molecule has 0 N–H and O–H groups in total. The second-order valence-corrected chi connectivity index (χ2v) is 5.37. The molecule has 0 bridgehead atoms. The van der Waals surface area contributed by atoms with Crippen molar-refractivity contribution in [2.75, 3.05) is 6.26 Å². The standard InChI is InChI=1S/C8H7NO2S2/c1-13(10,11)8(6-9)5-7-3-2-4-12-7/h2-5H,1H3/b8-5+. The molecule has 0 saturated carbocycles. The van der Waals surface area contributed by atoms with Gasteiger partial charge in [-0.3, -0.25) is 0 Å². The van der Waals surface area contributed by atoms with Crippen LogP contribution in [0.2, 0.25) is 0 Å². The van der Waals surface area contributed by atoms with E-state index in [1.165, 1.54) is 17.4 Å². The lowest BCUT2D eigenvalue weighted by atomic mass is 10.4. The van der Waals surface area contributed by atoms with Crippen LogP contribution < -0.4 is 0 Å². The fourth-order valence-electron chi connectivity index (χ4n) is 0.725. The first-order valence-corrected chi connectivity index (χ1v) is 6.16. The molecule has 0 spiro atoms. The van der Waals surface area contributed by atoms with Gasteiger partial charge in [0.1, 0.15) is 11.0 Å². The highest BCUT2D eigenvalue weighted by atomic mass is 32.2. The number of rotatable bonds is 2. The zero-order chi connectivity index (χ0) is 9.90. The van der Waals surface area contributed by atoms with Crippen LogP contribution in [-0.2, 0) is 9.84 Å². The third kappa shape index (κ3) is 2.68. The van der Waals surface area contributed by atoms with Gasteiger partial charge in [-0.2, -0.15) is 5.26 Å². The van der Waals surface area contributed by atoms with E-state index in [1.54, 1.807) is 18.2 Å². The lowest BCUT2D eigenvalue weighted by molar-refractivity contribution is 0.609. The molecule has 0 aromatic carbocycles. The lowest BCUT2D eigenvalue weighted by Gasteiger charge is -1.91. The van der Waals surface area contributed by atoms with E-state index in [9.17, 15) is 8.42 Å². The van der Waals surface area contributed by atoms with E-state index in [4.69, 9.17) is 5.26 Å². The van der Waals surface area contributed by atoms with Crippen LogP contribution >= 0.6 is 11.3 Å². The maximum Gasteiger partial charge on any atom is 0.185 e. The Hall–Kier alpha value is -1.12. The maximum atomic E-state index is 11.0. The summed E-state index contributed by atoms with van der Waals surface area (Å²) >= 11 is 1.39. The largest absolute Gasteiger partial charge is 0.223 e. The number of nitrogens with zero attached hydrogens (tertiary/aromatic N) is 1. The van der Waals surface area contributed by atoms with Gasteiger partial charge in [-0.15, -0.1) is 11.3 Å². The molecule has 1 rings (SSSR count). The second kappa shape index (κ2) is 3.73. The fraction of sp³-hybridized carbons (Fsp3) is 0.125. The minimum atomic E-state index is -3.38. The van der Waals surface area contributed by atoms with Crippen molar-refractivity contribution in [2.24, 2.45) is 0 Å². The highest BCUT2D eigenvalue weighted by Gasteiger charge is 2.09. The Bertz CT molecular complexity index is 449. The van der Waals surface area contributed by atoms with Crippen LogP contribution in [0, 0.1) is 11.3 Å². The molecule has 0 amide bonds. The minimum absolute atomic E-state index is 0.199. The molecule has 1 aromatic heterocycles. The van der Waals surface area contributed by atoms with Gasteiger partial charge in [0, 0.05) is 11.1 Å². The van der Waals surface area contributed by atoms with Crippen LogP contribution in [0.3, 0.4) is 0 Å². The molecule has 0 saturated heterocycles. The number of allylic oxidation sites excluding steroid dienone is 1. The summed E-state index contributed by atoms with van der Waals surface area (Å²) in [5.74, 6) is 0. The van der Waals surface area contributed by atoms with Crippen molar-refractivity contribution in [3.05, 3.63) is 27.3 Å². The van der Waals surface area contributed by atoms with Crippen LogP contribution in [0.15, 0.2) is 22.4 Å². The highest BCUT2D eigenvalue weighted by molar-refractivity contribution is 7.95. The summed E-state index contributed by atoms with van der Waals surface area (Å²) in [7, 11) is -3.38. The van der Waals surface area contributed by atoms with E-state index in [-0.39, 0.29) is 4.91 Å². The third-order valence-corrected chi connectivity index (χ3v) is 3.15. The molecule has 1 aromatic rings. The first kappa shape index (κ1) is 9.96. The van der Waals surface area contributed by atoms with Gasteiger partial charge in [-0.05, 0) is 17.5 Å². The molecular weight excluding hydrogens is 206 g/mol. The Balaban J connectivity index is 3.14. The first-order valence-electron chi connectivity index (χ1n) is 3.39. The first-order chi connectivity index (χ1) is 6.04. The van der Waals surface area contributed by atoms with Crippen molar-refractivity contribution in [3.63, 3.8) is 0 Å². The van der Waals surface area contributed by atoms with Gasteiger partial charge in [-0.25, -0.2) is 8.42 Å². The van der Waals surface area contributed by atoms with E-state index in [0.717, 1.165) is 11.1 Å². The zero-order valence-corrected chi connectivity index (χ0v) is 8.52. The SMILES string of the molecule is CS(=O)(=O)/C(C#N)=C/c1cccs1. The molecule has 0 radical (unpaired) electrons. The summed E-state index contributed by atoms with van der Waals surface area (Å²) in [4.78, 5) is 0.567. The van der Waals surface area contributed by atoms with Crippen molar-refractivity contribution in [3.8, 4) is 6.07 Å². The van der Waals surface area contributed by atoms with E-state index in [2.05, 4.69) is 0 Å². The number of nitriles is 1. The Morgan fingerprint density at radius 3 is 2.77 bits per heavy atom. The van der Waals surface area contributed by atoms with E-state index in [1.807, 2.05) is 5.38 Å². The van der Waals surface area contributed by atoms with E-state index < -0.39 is 9.84 Å². The van der Waals surface area contributed by atoms with Gasteiger partial charge in [0.15, 0.2) is 9.84 Å². The Morgan fingerprint density at radius 1 is 1.69 bits per heavy atom. The third-order valence-electron chi connectivity index (χ3n) is 1.33. The molecule has 5 heteroatoms. The van der Waals surface area contributed by atoms with Gasteiger partial charge in [0.05, 0.1) is 0 Å². The predicted molar refractivity (Wildman–Crippen MR) is 52.8 cm³/mol. The maximum absolute atomic E-state index is 11.0. The normalized spacial score (nSPS) is 12.5. The van der Waals surface area contributed by atoms with Crippen molar-refractivity contribution in [1.82, 2.24) is 0 Å². The summed E-state index contributed by atoms with van der Waals surface area (Å²) < 4.78 is 22.0. The second-order valence-electron chi connectivity index (χ2n) is 2.41. The Morgan fingerprint density at radius 2 is 2.38 bits per heavy atom. The lowest BCUT2D eigenvalue weighted by Crippen LogP contribution is -1.97. The average Bonchev–Trinajstić information content (AvgIpc) is 2.49. The number of hydrogen-bond donors (Lipinski definition) is 0. The Kier molecular flexibility index (Phi) is 2.86. The summed E-state index contributed by atoms with van der Waals surface area (Å²) in [6, 6.07) is 5.22. The highest BCUT2D eigenvalue weighted by Crippen LogP contribution is 2.15. The molecule has 13 heavy (non-hydrogen) atoms. The van der Waals surface area contributed by atoms with Crippen molar-refractivity contribution >= 4 is 27.3 Å². The smallest absolute Gasteiger partial charge is 0.185 e. The van der Waals surface area contributed by atoms with Crippen LogP contribution in [0.4, 0.5) is 0 Å². The number of sulfone groups is 1. The number of hydrogen-bond acceptors (Lipinski definition) is 4. The van der Waals surface area contributed by atoms with Crippen molar-refractivity contribution < 1.29 is 8.42 Å². The van der Waals surface area contributed by atoms with Gasteiger partial charge in [0.2, 0.25) is 0 Å². The van der Waals surface area contributed by atoms with E-state index >= 15 is 0 Å².